The van der Waals surface area contributed by atoms with Crippen molar-refractivity contribution < 1.29 is 0 Å². The Hall–Kier alpha value is -1.61. The van der Waals surface area contributed by atoms with E-state index >= 15 is 0 Å². The van der Waals surface area contributed by atoms with E-state index in [0.29, 0.717) is 12.0 Å². The first-order valence-electron chi connectivity index (χ1n) is 7.30. The van der Waals surface area contributed by atoms with Crippen LogP contribution in [0.15, 0.2) is 36.5 Å². The van der Waals surface area contributed by atoms with E-state index in [-0.39, 0.29) is 6.04 Å². The van der Waals surface area contributed by atoms with E-state index in [1.807, 2.05) is 17.9 Å². The summed E-state index contributed by atoms with van der Waals surface area (Å²) >= 11 is 0. The van der Waals surface area contributed by atoms with Gasteiger partial charge in [-0.3, -0.25) is 4.68 Å². The Labute approximate surface area is 122 Å². The molecule has 0 spiro atoms. The predicted octanol–water partition coefficient (Wildman–Crippen LogP) is 3.78. The molecule has 0 aliphatic carbocycles. The number of benzene rings is 1. The first-order chi connectivity index (χ1) is 9.50. The van der Waals surface area contributed by atoms with Crippen molar-refractivity contribution in [1.29, 1.82) is 0 Å². The SMILES string of the molecule is Cc1c(C(C)NC(c2ccccc2)C(C)C)cnn1C. The molecule has 3 heteroatoms. The number of aromatic nitrogens is 2. The quantitative estimate of drug-likeness (QED) is 0.897. The highest BCUT2D eigenvalue weighted by molar-refractivity contribution is 5.23. The van der Waals surface area contributed by atoms with E-state index in [0.717, 1.165) is 0 Å². The van der Waals surface area contributed by atoms with Crippen molar-refractivity contribution in [2.75, 3.05) is 0 Å². The molecule has 2 unspecified atom stereocenters. The second kappa shape index (κ2) is 6.23. The van der Waals surface area contributed by atoms with E-state index in [4.69, 9.17) is 0 Å². The molecule has 2 atom stereocenters. The minimum Gasteiger partial charge on any atom is -0.303 e. The summed E-state index contributed by atoms with van der Waals surface area (Å²) in [4.78, 5) is 0. The molecule has 1 aromatic heterocycles. The van der Waals surface area contributed by atoms with Gasteiger partial charge in [-0.15, -0.1) is 0 Å². The molecule has 0 aliphatic heterocycles. The van der Waals surface area contributed by atoms with Crippen LogP contribution in [0.5, 0.6) is 0 Å². The van der Waals surface area contributed by atoms with Gasteiger partial charge in [-0.25, -0.2) is 0 Å². The van der Waals surface area contributed by atoms with Gasteiger partial charge in [-0.2, -0.15) is 5.10 Å². The van der Waals surface area contributed by atoms with Crippen LogP contribution < -0.4 is 5.32 Å². The fourth-order valence-electron chi connectivity index (χ4n) is 2.63. The van der Waals surface area contributed by atoms with Gasteiger partial charge in [0.25, 0.3) is 0 Å². The molecule has 0 fully saturated rings. The molecular formula is C17H25N3. The zero-order chi connectivity index (χ0) is 14.7. The summed E-state index contributed by atoms with van der Waals surface area (Å²) in [6, 6.07) is 11.3. The topological polar surface area (TPSA) is 29.9 Å². The lowest BCUT2D eigenvalue weighted by molar-refractivity contribution is 0.373. The van der Waals surface area contributed by atoms with Gasteiger partial charge in [0.05, 0.1) is 6.20 Å². The van der Waals surface area contributed by atoms with Gasteiger partial charge in [0.15, 0.2) is 0 Å². The first-order valence-corrected chi connectivity index (χ1v) is 7.30. The van der Waals surface area contributed by atoms with Gasteiger partial charge in [-0.05, 0) is 25.3 Å². The van der Waals surface area contributed by atoms with Gasteiger partial charge in [-0.1, -0.05) is 44.2 Å². The standard InChI is InChI=1S/C17H25N3/c1-12(2)17(15-9-7-6-8-10-15)19-13(3)16-11-18-20(5)14(16)4/h6-13,17,19H,1-5H3. The average Bonchev–Trinajstić information content (AvgIpc) is 2.77. The number of hydrogen-bond acceptors (Lipinski definition) is 2. The Bertz CT molecular complexity index is 543. The molecule has 0 saturated carbocycles. The van der Waals surface area contributed by atoms with Gasteiger partial charge >= 0.3 is 0 Å². The summed E-state index contributed by atoms with van der Waals surface area (Å²) in [7, 11) is 1.99. The van der Waals surface area contributed by atoms with Crippen LogP contribution in [0.3, 0.4) is 0 Å². The highest BCUT2D eigenvalue weighted by Gasteiger charge is 2.20. The van der Waals surface area contributed by atoms with Crippen LogP contribution in [-0.4, -0.2) is 9.78 Å². The number of aryl methyl sites for hydroxylation is 1. The van der Waals surface area contributed by atoms with Crippen molar-refractivity contribution in [3.05, 3.63) is 53.3 Å². The predicted molar refractivity (Wildman–Crippen MR) is 83.5 cm³/mol. The smallest absolute Gasteiger partial charge is 0.0540 e. The Kier molecular flexibility index (Phi) is 4.61. The Morgan fingerprint density at radius 3 is 2.25 bits per heavy atom. The van der Waals surface area contributed by atoms with Gasteiger partial charge in [0, 0.05) is 30.4 Å². The molecule has 0 saturated heterocycles. The Balaban J connectivity index is 2.19. The lowest BCUT2D eigenvalue weighted by atomic mass is 9.94. The maximum Gasteiger partial charge on any atom is 0.0540 e. The van der Waals surface area contributed by atoms with Crippen molar-refractivity contribution in [2.24, 2.45) is 13.0 Å². The molecule has 0 bridgehead atoms. The molecule has 108 valence electrons. The summed E-state index contributed by atoms with van der Waals surface area (Å²) in [6.07, 6.45) is 1.97. The van der Waals surface area contributed by atoms with Gasteiger partial charge < -0.3 is 5.32 Å². The summed E-state index contributed by atoms with van der Waals surface area (Å²) in [5.41, 5.74) is 3.84. The van der Waals surface area contributed by atoms with E-state index in [9.17, 15) is 0 Å². The van der Waals surface area contributed by atoms with Crippen molar-refractivity contribution in [3.8, 4) is 0 Å². The van der Waals surface area contributed by atoms with Crippen LogP contribution in [0.4, 0.5) is 0 Å². The number of rotatable bonds is 5. The van der Waals surface area contributed by atoms with Crippen molar-refractivity contribution >= 4 is 0 Å². The van der Waals surface area contributed by atoms with Crippen LogP contribution in [0.2, 0.25) is 0 Å². The average molecular weight is 271 g/mol. The second-order valence-corrected chi connectivity index (χ2v) is 5.83. The van der Waals surface area contributed by atoms with Crippen LogP contribution in [0.25, 0.3) is 0 Å². The molecule has 2 rings (SSSR count). The molecule has 3 nitrogen and oxygen atoms in total. The third-order valence-electron chi connectivity index (χ3n) is 3.99. The monoisotopic (exact) mass is 271 g/mol. The van der Waals surface area contributed by atoms with Crippen LogP contribution in [-0.2, 0) is 7.05 Å². The maximum atomic E-state index is 4.34. The molecule has 1 N–H and O–H groups in total. The van der Waals surface area contributed by atoms with E-state index in [2.05, 4.69) is 68.4 Å². The van der Waals surface area contributed by atoms with Gasteiger partial charge in [0.1, 0.15) is 0 Å². The lowest BCUT2D eigenvalue weighted by Crippen LogP contribution is -2.28. The molecule has 20 heavy (non-hydrogen) atoms. The molecule has 0 amide bonds. The summed E-state index contributed by atoms with van der Waals surface area (Å²) < 4.78 is 1.93. The van der Waals surface area contributed by atoms with E-state index in [1.165, 1.54) is 16.8 Å². The third kappa shape index (κ3) is 3.10. The zero-order valence-electron chi connectivity index (χ0n) is 13.1. The van der Waals surface area contributed by atoms with Crippen molar-refractivity contribution in [2.45, 2.75) is 39.8 Å². The molecule has 2 aromatic rings. The normalized spacial score (nSPS) is 14.5. The van der Waals surface area contributed by atoms with Crippen LogP contribution in [0.1, 0.15) is 49.7 Å². The molecular weight excluding hydrogens is 246 g/mol. The van der Waals surface area contributed by atoms with Crippen LogP contribution in [0, 0.1) is 12.8 Å². The summed E-state index contributed by atoms with van der Waals surface area (Å²) in [6.45, 7) is 8.84. The van der Waals surface area contributed by atoms with Gasteiger partial charge in [0.2, 0.25) is 0 Å². The summed E-state index contributed by atoms with van der Waals surface area (Å²) in [5.74, 6) is 0.539. The minimum absolute atomic E-state index is 0.288. The largest absolute Gasteiger partial charge is 0.303 e. The highest BCUT2D eigenvalue weighted by Crippen LogP contribution is 2.26. The molecule has 1 aromatic carbocycles. The molecule has 0 aliphatic rings. The van der Waals surface area contributed by atoms with Crippen LogP contribution >= 0.6 is 0 Å². The fourth-order valence-corrected chi connectivity index (χ4v) is 2.63. The number of nitrogens with one attached hydrogen (secondary N) is 1. The van der Waals surface area contributed by atoms with E-state index in [1.54, 1.807) is 0 Å². The summed E-state index contributed by atoms with van der Waals surface area (Å²) in [5, 5.41) is 8.09. The molecule has 1 heterocycles. The Morgan fingerprint density at radius 2 is 1.75 bits per heavy atom. The maximum absolute atomic E-state index is 4.34. The lowest BCUT2D eigenvalue weighted by Gasteiger charge is -2.27. The highest BCUT2D eigenvalue weighted by atomic mass is 15.3. The second-order valence-electron chi connectivity index (χ2n) is 5.83. The number of hydrogen-bond donors (Lipinski definition) is 1. The molecule has 0 radical (unpaired) electrons. The Morgan fingerprint density at radius 1 is 1.10 bits per heavy atom. The van der Waals surface area contributed by atoms with E-state index < -0.39 is 0 Å². The minimum atomic E-state index is 0.288. The van der Waals surface area contributed by atoms with Crippen molar-refractivity contribution in [3.63, 3.8) is 0 Å². The first kappa shape index (κ1) is 14.8. The van der Waals surface area contributed by atoms with Crippen molar-refractivity contribution in [1.82, 2.24) is 15.1 Å². The number of nitrogens with zero attached hydrogens (tertiary/aromatic N) is 2. The zero-order valence-corrected chi connectivity index (χ0v) is 13.1. The fraction of sp³-hybridized carbons (Fsp3) is 0.471. The third-order valence-corrected chi connectivity index (χ3v) is 3.99.